The number of methoxy groups -OCH3 is 2. The summed E-state index contributed by atoms with van der Waals surface area (Å²) in [6.45, 7) is 6.85. The maximum Gasteiger partial charge on any atom is 0.220 e. The fourth-order valence-corrected chi connectivity index (χ4v) is 2.91. The molecule has 6 nitrogen and oxygen atoms in total. The van der Waals surface area contributed by atoms with Crippen LogP contribution in [0.15, 0.2) is 18.3 Å². The minimum absolute atomic E-state index is 0.364. The van der Waals surface area contributed by atoms with Crippen LogP contribution in [0.5, 0.6) is 11.8 Å². The molecule has 6 heteroatoms. The molecule has 3 heterocycles. The highest BCUT2D eigenvalue weighted by molar-refractivity contribution is 5.31. The van der Waals surface area contributed by atoms with Crippen LogP contribution in [0.1, 0.15) is 42.4 Å². The van der Waals surface area contributed by atoms with Crippen LogP contribution in [0.3, 0.4) is 0 Å². The van der Waals surface area contributed by atoms with Crippen molar-refractivity contribution < 1.29 is 9.47 Å². The number of nitrogens with zero attached hydrogens (tertiary/aromatic N) is 4. The molecule has 3 rings (SSSR count). The first-order chi connectivity index (χ1) is 11.6. The van der Waals surface area contributed by atoms with Crippen molar-refractivity contribution in [2.75, 3.05) is 20.8 Å². The predicted octanol–water partition coefficient (Wildman–Crippen LogP) is 2.57. The number of rotatable bonds is 5. The Morgan fingerprint density at radius 2 is 2.00 bits per heavy atom. The van der Waals surface area contributed by atoms with Gasteiger partial charge in [0.05, 0.1) is 14.2 Å². The van der Waals surface area contributed by atoms with Gasteiger partial charge in [0.1, 0.15) is 5.82 Å². The minimum Gasteiger partial charge on any atom is -0.481 e. The molecule has 0 radical (unpaired) electrons. The third-order valence-electron chi connectivity index (χ3n) is 4.26. The second kappa shape index (κ2) is 7.13. The molecule has 0 amide bonds. The molecule has 0 bridgehead atoms. The van der Waals surface area contributed by atoms with Gasteiger partial charge in [-0.15, -0.1) is 0 Å². The Morgan fingerprint density at radius 3 is 2.71 bits per heavy atom. The van der Waals surface area contributed by atoms with Gasteiger partial charge in [-0.05, 0) is 6.07 Å². The Balaban J connectivity index is 1.74. The molecular weight excluding hydrogens is 304 g/mol. The molecule has 2 aromatic rings. The third-order valence-corrected chi connectivity index (χ3v) is 4.26. The SMILES string of the molecule is COc1ccc(CN2CCc3nc(C(C)C)ncc3C2)c(OC)n1. The summed E-state index contributed by atoms with van der Waals surface area (Å²) in [6.07, 6.45) is 2.93. The van der Waals surface area contributed by atoms with Gasteiger partial charge in [0.2, 0.25) is 11.8 Å². The fraction of sp³-hybridized carbons (Fsp3) is 0.500. The van der Waals surface area contributed by atoms with Crippen molar-refractivity contribution in [3.8, 4) is 11.8 Å². The van der Waals surface area contributed by atoms with Crippen molar-refractivity contribution in [1.82, 2.24) is 19.9 Å². The molecule has 0 saturated heterocycles. The second-order valence-electron chi connectivity index (χ2n) is 6.34. The van der Waals surface area contributed by atoms with E-state index in [1.54, 1.807) is 14.2 Å². The third kappa shape index (κ3) is 3.48. The quantitative estimate of drug-likeness (QED) is 0.841. The predicted molar refractivity (Wildman–Crippen MR) is 91.3 cm³/mol. The van der Waals surface area contributed by atoms with Gasteiger partial charge in [-0.2, -0.15) is 4.98 Å². The van der Waals surface area contributed by atoms with E-state index in [4.69, 9.17) is 14.5 Å². The molecule has 0 spiro atoms. The number of hydrogen-bond acceptors (Lipinski definition) is 6. The molecular formula is C18H24N4O2. The number of fused-ring (bicyclic) bond motifs is 1. The van der Waals surface area contributed by atoms with Gasteiger partial charge in [-0.25, -0.2) is 9.97 Å². The van der Waals surface area contributed by atoms with Gasteiger partial charge in [0.15, 0.2) is 0 Å². The first-order valence-corrected chi connectivity index (χ1v) is 8.25. The molecule has 24 heavy (non-hydrogen) atoms. The maximum atomic E-state index is 5.40. The van der Waals surface area contributed by atoms with Crippen molar-refractivity contribution in [2.24, 2.45) is 0 Å². The van der Waals surface area contributed by atoms with Crippen LogP contribution in [0.4, 0.5) is 0 Å². The van der Waals surface area contributed by atoms with Gasteiger partial charge < -0.3 is 9.47 Å². The highest BCUT2D eigenvalue weighted by Crippen LogP contribution is 2.25. The lowest BCUT2D eigenvalue weighted by Gasteiger charge is -2.28. The van der Waals surface area contributed by atoms with Crippen molar-refractivity contribution in [1.29, 1.82) is 0 Å². The van der Waals surface area contributed by atoms with Gasteiger partial charge in [0, 0.05) is 61.1 Å². The number of pyridine rings is 1. The number of ether oxygens (including phenoxy) is 2. The molecule has 0 saturated carbocycles. The maximum absolute atomic E-state index is 5.40. The van der Waals surface area contributed by atoms with E-state index in [9.17, 15) is 0 Å². The van der Waals surface area contributed by atoms with E-state index in [0.717, 1.165) is 37.4 Å². The second-order valence-corrected chi connectivity index (χ2v) is 6.34. The monoisotopic (exact) mass is 328 g/mol. The highest BCUT2D eigenvalue weighted by Gasteiger charge is 2.20. The van der Waals surface area contributed by atoms with Crippen molar-refractivity contribution in [3.63, 3.8) is 0 Å². The standard InChI is InChI=1S/C18H24N4O2/c1-12(2)17-19-9-14-11-22(8-7-15(14)20-17)10-13-5-6-16(23-3)21-18(13)24-4/h5-6,9,12H,7-8,10-11H2,1-4H3. The van der Waals surface area contributed by atoms with E-state index in [-0.39, 0.29) is 0 Å². The van der Waals surface area contributed by atoms with Gasteiger partial charge >= 0.3 is 0 Å². The summed E-state index contributed by atoms with van der Waals surface area (Å²) in [5.74, 6) is 2.48. The summed E-state index contributed by atoms with van der Waals surface area (Å²) in [5, 5.41) is 0. The van der Waals surface area contributed by atoms with Crippen molar-refractivity contribution >= 4 is 0 Å². The Labute approximate surface area is 142 Å². The first-order valence-electron chi connectivity index (χ1n) is 8.25. The summed E-state index contributed by atoms with van der Waals surface area (Å²) in [6, 6.07) is 3.88. The van der Waals surface area contributed by atoms with Crippen molar-refractivity contribution in [3.05, 3.63) is 41.0 Å². The van der Waals surface area contributed by atoms with Crippen LogP contribution in [0, 0.1) is 0 Å². The Kier molecular flexibility index (Phi) is 4.94. The molecule has 0 unspecified atom stereocenters. The summed E-state index contributed by atoms with van der Waals surface area (Å²) < 4.78 is 10.6. The van der Waals surface area contributed by atoms with E-state index in [1.807, 2.05) is 18.3 Å². The zero-order chi connectivity index (χ0) is 17.1. The van der Waals surface area contributed by atoms with E-state index >= 15 is 0 Å². The summed E-state index contributed by atoms with van der Waals surface area (Å²) in [4.78, 5) is 15.9. The lowest BCUT2D eigenvalue weighted by Crippen LogP contribution is -2.31. The highest BCUT2D eigenvalue weighted by atomic mass is 16.5. The van der Waals surface area contributed by atoms with Crippen LogP contribution >= 0.6 is 0 Å². The Hall–Kier alpha value is -2.21. The summed E-state index contributed by atoms with van der Waals surface area (Å²) >= 11 is 0. The smallest absolute Gasteiger partial charge is 0.220 e. The van der Waals surface area contributed by atoms with Gasteiger partial charge in [0.25, 0.3) is 0 Å². The van der Waals surface area contributed by atoms with E-state index in [1.165, 1.54) is 11.3 Å². The van der Waals surface area contributed by atoms with Gasteiger partial charge in [-0.3, -0.25) is 4.90 Å². The first kappa shape index (κ1) is 16.6. The lowest BCUT2D eigenvalue weighted by atomic mass is 10.1. The Bertz CT molecular complexity index is 718. The van der Waals surface area contributed by atoms with Crippen LogP contribution < -0.4 is 9.47 Å². The van der Waals surface area contributed by atoms with E-state index in [0.29, 0.717) is 17.7 Å². The van der Waals surface area contributed by atoms with Crippen LogP contribution in [-0.4, -0.2) is 40.6 Å². The lowest BCUT2D eigenvalue weighted by molar-refractivity contribution is 0.237. The summed E-state index contributed by atoms with van der Waals surface area (Å²) in [5.41, 5.74) is 3.46. The zero-order valence-corrected chi connectivity index (χ0v) is 14.7. The molecule has 0 atom stereocenters. The average Bonchev–Trinajstić information content (AvgIpc) is 2.61. The van der Waals surface area contributed by atoms with Gasteiger partial charge in [-0.1, -0.05) is 13.8 Å². The molecule has 1 aliphatic rings. The van der Waals surface area contributed by atoms with Crippen LogP contribution in [-0.2, 0) is 19.5 Å². The number of aromatic nitrogens is 3. The zero-order valence-electron chi connectivity index (χ0n) is 14.7. The summed E-state index contributed by atoms with van der Waals surface area (Å²) in [7, 11) is 3.24. The molecule has 0 N–H and O–H groups in total. The molecule has 0 fully saturated rings. The van der Waals surface area contributed by atoms with Crippen LogP contribution in [0.25, 0.3) is 0 Å². The molecule has 0 aliphatic carbocycles. The molecule has 2 aromatic heterocycles. The normalized spacial score (nSPS) is 14.5. The van der Waals surface area contributed by atoms with Crippen LogP contribution in [0.2, 0.25) is 0 Å². The molecule has 128 valence electrons. The van der Waals surface area contributed by atoms with E-state index < -0.39 is 0 Å². The number of hydrogen-bond donors (Lipinski definition) is 0. The van der Waals surface area contributed by atoms with Crippen molar-refractivity contribution in [2.45, 2.75) is 39.3 Å². The molecule has 0 aromatic carbocycles. The topological polar surface area (TPSA) is 60.4 Å². The largest absolute Gasteiger partial charge is 0.481 e. The Morgan fingerprint density at radius 1 is 1.17 bits per heavy atom. The average molecular weight is 328 g/mol. The van der Waals surface area contributed by atoms with E-state index in [2.05, 4.69) is 28.7 Å². The fourth-order valence-electron chi connectivity index (χ4n) is 2.91. The molecule has 1 aliphatic heterocycles. The minimum atomic E-state index is 0.364.